The lowest BCUT2D eigenvalue weighted by atomic mass is 10.2. The van der Waals surface area contributed by atoms with Gasteiger partial charge in [-0.25, -0.2) is 4.68 Å². The van der Waals surface area contributed by atoms with Gasteiger partial charge in [0, 0.05) is 12.6 Å². The number of rotatable bonds is 5. The minimum Gasteiger partial charge on any atom is -0.463 e. The van der Waals surface area contributed by atoms with Crippen LogP contribution in [0, 0.1) is 6.92 Å². The summed E-state index contributed by atoms with van der Waals surface area (Å²) < 4.78 is 17.8. The molecular weight excluding hydrogens is 382 g/mol. The van der Waals surface area contributed by atoms with Crippen molar-refractivity contribution < 1.29 is 18.7 Å². The first-order valence-corrected chi connectivity index (χ1v) is 9.55. The number of benzene rings is 2. The fourth-order valence-corrected chi connectivity index (χ4v) is 3.29. The Morgan fingerprint density at radius 1 is 1.07 bits per heavy atom. The molecule has 2 aromatic heterocycles. The summed E-state index contributed by atoms with van der Waals surface area (Å²) in [6, 6.07) is 18.8. The van der Waals surface area contributed by atoms with Crippen LogP contribution in [-0.4, -0.2) is 22.5 Å². The average molecular weight is 401 g/mol. The number of carbonyl (C=O) groups is 1. The van der Waals surface area contributed by atoms with Crippen LogP contribution in [0.2, 0.25) is 0 Å². The van der Waals surface area contributed by atoms with Crippen molar-refractivity contribution in [2.75, 3.05) is 6.79 Å². The first kappa shape index (κ1) is 18.1. The normalized spacial score (nSPS) is 12.2. The molecule has 1 aliphatic heterocycles. The van der Waals surface area contributed by atoms with E-state index in [0.29, 0.717) is 35.2 Å². The number of furan rings is 1. The Bertz CT molecular complexity index is 1190. The van der Waals surface area contributed by atoms with Crippen LogP contribution < -0.4 is 14.8 Å². The molecule has 4 aromatic rings. The summed E-state index contributed by atoms with van der Waals surface area (Å²) >= 11 is 0. The molecule has 0 bridgehead atoms. The molecule has 0 aliphatic carbocycles. The van der Waals surface area contributed by atoms with E-state index in [4.69, 9.17) is 13.9 Å². The predicted molar refractivity (Wildman–Crippen MR) is 110 cm³/mol. The average Bonchev–Trinajstić information content (AvgIpc) is 3.52. The van der Waals surface area contributed by atoms with Crippen LogP contribution in [0.25, 0.3) is 17.1 Å². The molecule has 3 heterocycles. The van der Waals surface area contributed by atoms with E-state index in [0.717, 1.165) is 16.8 Å². The monoisotopic (exact) mass is 401 g/mol. The first-order chi connectivity index (χ1) is 14.7. The molecule has 0 radical (unpaired) electrons. The molecule has 7 nitrogen and oxygen atoms in total. The summed E-state index contributed by atoms with van der Waals surface area (Å²) in [6.45, 7) is 2.58. The number of hydrogen-bond acceptors (Lipinski definition) is 5. The van der Waals surface area contributed by atoms with E-state index in [-0.39, 0.29) is 12.7 Å². The van der Waals surface area contributed by atoms with E-state index in [9.17, 15) is 4.79 Å². The molecule has 1 aliphatic rings. The standard InChI is InChI=1S/C23H19N3O4/c1-15-4-7-17(8-5-15)26-19(12-18(25-26)20-3-2-10-28-20)23(27)24-13-16-6-9-21-22(11-16)30-14-29-21/h2-12H,13-14H2,1H3,(H,24,27). The van der Waals surface area contributed by atoms with Gasteiger partial charge >= 0.3 is 0 Å². The van der Waals surface area contributed by atoms with Crippen molar-refractivity contribution in [1.82, 2.24) is 15.1 Å². The zero-order valence-electron chi connectivity index (χ0n) is 16.3. The van der Waals surface area contributed by atoms with Crippen molar-refractivity contribution in [3.8, 4) is 28.6 Å². The molecular formula is C23H19N3O4. The van der Waals surface area contributed by atoms with Crippen LogP contribution in [0.4, 0.5) is 0 Å². The van der Waals surface area contributed by atoms with Crippen LogP contribution in [-0.2, 0) is 6.54 Å². The molecule has 0 fully saturated rings. The minimum absolute atomic E-state index is 0.219. The maximum Gasteiger partial charge on any atom is 0.270 e. The quantitative estimate of drug-likeness (QED) is 0.545. The smallest absolute Gasteiger partial charge is 0.270 e. The Labute approximate surface area is 172 Å². The fraction of sp³-hybridized carbons (Fsp3) is 0.130. The molecule has 30 heavy (non-hydrogen) atoms. The number of nitrogens with one attached hydrogen (secondary N) is 1. The van der Waals surface area contributed by atoms with Gasteiger partial charge in [-0.15, -0.1) is 0 Å². The molecule has 0 unspecified atom stereocenters. The number of amides is 1. The largest absolute Gasteiger partial charge is 0.463 e. The van der Waals surface area contributed by atoms with Crippen molar-refractivity contribution in [2.24, 2.45) is 0 Å². The predicted octanol–water partition coefficient (Wildman–Crippen LogP) is 4.10. The summed E-state index contributed by atoms with van der Waals surface area (Å²) in [7, 11) is 0. The highest BCUT2D eigenvalue weighted by Crippen LogP contribution is 2.32. The van der Waals surface area contributed by atoms with Crippen LogP contribution in [0.1, 0.15) is 21.6 Å². The van der Waals surface area contributed by atoms with Crippen molar-refractivity contribution in [2.45, 2.75) is 13.5 Å². The van der Waals surface area contributed by atoms with E-state index < -0.39 is 0 Å². The molecule has 0 atom stereocenters. The lowest BCUT2D eigenvalue weighted by Gasteiger charge is -2.09. The lowest BCUT2D eigenvalue weighted by molar-refractivity contribution is 0.0943. The summed E-state index contributed by atoms with van der Waals surface area (Å²) in [5, 5.41) is 7.56. The van der Waals surface area contributed by atoms with Gasteiger partial charge in [0.25, 0.3) is 5.91 Å². The van der Waals surface area contributed by atoms with Crippen LogP contribution in [0.5, 0.6) is 11.5 Å². The molecule has 1 amide bonds. The van der Waals surface area contributed by atoms with E-state index in [1.54, 1.807) is 23.1 Å². The lowest BCUT2D eigenvalue weighted by Crippen LogP contribution is -2.25. The van der Waals surface area contributed by atoms with Gasteiger partial charge in [0.1, 0.15) is 11.4 Å². The van der Waals surface area contributed by atoms with E-state index in [1.807, 2.05) is 55.5 Å². The SMILES string of the molecule is Cc1ccc(-n2nc(-c3ccco3)cc2C(=O)NCc2ccc3c(c2)OCO3)cc1. The van der Waals surface area contributed by atoms with Crippen molar-refractivity contribution in [3.63, 3.8) is 0 Å². The Morgan fingerprint density at radius 2 is 1.90 bits per heavy atom. The fourth-order valence-electron chi connectivity index (χ4n) is 3.29. The van der Waals surface area contributed by atoms with Gasteiger partial charge in [0.2, 0.25) is 6.79 Å². The van der Waals surface area contributed by atoms with Crippen molar-refractivity contribution >= 4 is 5.91 Å². The highest BCUT2D eigenvalue weighted by molar-refractivity contribution is 5.94. The van der Waals surface area contributed by atoms with Crippen LogP contribution in [0.15, 0.2) is 71.3 Å². The second-order valence-electron chi connectivity index (χ2n) is 7.01. The van der Waals surface area contributed by atoms with Crippen molar-refractivity contribution in [3.05, 3.63) is 83.7 Å². The Balaban J connectivity index is 1.43. The summed E-state index contributed by atoms with van der Waals surface area (Å²) in [5.74, 6) is 1.77. The summed E-state index contributed by atoms with van der Waals surface area (Å²) in [5.41, 5.74) is 3.86. The van der Waals surface area contributed by atoms with Gasteiger partial charge < -0.3 is 19.2 Å². The number of aryl methyl sites for hydroxylation is 1. The number of fused-ring (bicyclic) bond motifs is 1. The molecule has 1 N–H and O–H groups in total. The third kappa shape index (κ3) is 3.41. The zero-order valence-corrected chi connectivity index (χ0v) is 16.3. The Hall–Kier alpha value is -4.00. The van der Waals surface area contributed by atoms with Gasteiger partial charge in [-0.05, 0) is 48.9 Å². The second kappa shape index (κ2) is 7.44. The number of carbonyl (C=O) groups excluding carboxylic acids is 1. The van der Waals surface area contributed by atoms with Gasteiger partial charge in [-0.1, -0.05) is 23.8 Å². The van der Waals surface area contributed by atoms with E-state index in [2.05, 4.69) is 10.4 Å². The maximum atomic E-state index is 13.0. The van der Waals surface area contributed by atoms with E-state index >= 15 is 0 Å². The highest BCUT2D eigenvalue weighted by atomic mass is 16.7. The maximum absolute atomic E-state index is 13.0. The molecule has 0 saturated carbocycles. The zero-order chi connectivity index (χ0) is 20.5. The van der Waals surface area contributed by atoms with Crippen molar-refractivity contribution in [1.29, 1.82) is 0 Å². The number of aromatic nitrogens is 2. The first-order valence-electron chi connectivity index (χ1n) is 9.55. The van der Waals surface area contributed by atoms with Gasteiger partial charge in [0.05, 0.1) is 12.0 Å². The Kier molecular flexibility index (Phi) is 4.48. The highest BCUT2D eigenvalue weighted by Gasteiger charge is 2.19. The summed E-state index contributed by atoms with van der Waals surface area (Å²) in [4.78, 5) is 13.0. The van der Waals surface area contributed by atoms with Gasteiger partial charge in [0.15, 0.2) is 17.3 Å². The van der Waals surface area contributed by atoms with Gasteiger partial charge in [-0.2, -0.15) is 5.10 Å². The molecule has 2 aromatic carbocycles. The molecule has 0 saturated heterocycles. The number of hydrogen-bond donors (Lipinski definition) is 1. The van der Waals surface area contributed by atoms with E-state index in [1.165, 1.54) is 0 Å². The minimum atomic E-state index is -0.237. The van der Waals surface area contributed by atoms with Gasteiger partial charge in [-0.3, -0.25) is 4.79 Å². The topological polar surface area (TPSA) is 78.5 Å². The molecule has 0 spiro atoms. The third-order valence-corrected chi connectivity index (χ3v) is 4.88. The third-order valence-electron chi connectivity index (χ3n) is 4.88. The molecule has 5 rings (SSSR count). The number of nitrogens with zero attached hydrogens (tertiary/aromatic N) is 2. The number of ether oxygens (including phenoxy) is 2. The van der Waals surface area contributed by atoms with Crippen LogP contribution >= 0.6 is 0 Å². The molecule has 150 valence electrons. The summed E-state index contributed by atoms with van der Waals surface area (Å²) in [6.07, 6.45) is 1.58. The molecule has 7 heteroatoms. The van der Waals surface area contributed by atoms with Crippen LogP contribution in [0.3, 0.4) is 0 Å². The Morgan fingerprint density at radius 3 is 2.70 bits per heavy atom. The second-order valence-corrected chi connectivity index (χ2v) is 7.01.